The van der Waals surface area contributed by atoms with Crippen LogP contribution in [0.15, 0.2) is 47.8 Å². The average molecular weight is 425 g/mol. The van der Waals surface area contributed by atoms with Crippen molar-refractivity contribution < 1.29 is 19.1 Å². The van der Waals surface area contributed by atoms with E-state index in [1.807, 2.05) is 63.2 Å². The van der Waals surface area contributed by atoms with Crippen molar-refractivity contribution in [3.05, 3.63) is 75.2 Å². The van der Waals surface area contributed by atoms with Gasteiger partial charge < -0.3 is 14.8 Å². The van der Waals surface area contributed by atoms with E-state index in [1.165, 1.54) is 11.3 Å². The highest BCUT2D eigenvalue weighted by Crippen LogP contribution is 2.19. The van der Waals surface area contributed by atoms with Crippen LogP contribution in [-0.4, -0.2) is 23.5 Å². The van der Waals surface area contributed by atoms with Crippen LogP contribution in [0.25, 0.3) is 0 Å². The van der Waals surface area contributed by atoms with Crippen molar-refractivity contribution in [2.75, 3.05) is 11.9 Å². The van der Waals surface area contributed by atoms with Crippen LogP contribution in [0.3, 0.4) is 0 Å². The molecule has 6 nitrogen and oxygen atoms in total. The maximum absolute atomic E-state index is 12.2. The Bertz CT molecular complexity index is 1050. The molecular formula is C23H24N2O4S. The van der Waals surface area contributed by atoms with Gasteiger partial charge in [-0.2, -0.15) is 0 Å². The van der Waals surface area contributed by atoms with Gasteiger partial charge in [0, 0.05) is 11.1 Å². The standard InChI is InChI=1S/C23H24N2O4S/c1-15-8-9-17(3)20(10-15)28-13-23(27)29-12-18-14-30-22(24-18)11-21(26)25-19-7-5-4-6-16(19)2/h4-10,14H,11-13H2,1-3H3,(H,25,26). The van der Waals surface area contributed by atoms with E-state index in [-0.39, 0.29) is 25.5 Å². The van der Waals surface area contributed by atoms with Crippen molar-refractivity contribution in [2.45, 2.75) is 33.8 Å². The molecule has 1 N–H and O–H groups in total. The lowest BCUT2D eigenvalue weighted by Gasteiger charge is -2.09. The van der Waals surface area contributed by atoms with Crippen molar-refractivity contribution in [3.63, 3.8) is 0 Å². The minimum absolute atomic E-state index is 0.0465. The molecule has 1 amide bonds. The Morgan fingerprint density at radius 2 is 1.87 bits per heavy atom. The van der Waals surface area contributed by atoms with Gasteiger partial charge in [-0.05, 0) is 49.6 Å². The summed E-state index contributed by atoms with van der Waals surface area (Å²) >= 11 is 1.36. The lowest BCUT2D eigenvalue weighted by molar-refractivity contribution is -0.147. The van der Waals surface area contributed by atoms with E-state index >= 15 is 0 Å². The maximum atomic E-state index is 12.2. The Morgan fingerprint density at radius 3 is 2.67 bits per heavy atom. The number of ether oxygens (including phenoxy) is 2. The number of amides is 1. The number of nitrogens with one attached hydrogen (secondary N) is 1. The van der Waals surface area contributed by atoms with Crippen LogP contribution < -0.4 is 10.1 Å². The molecule has 0 bridgehead atoms. The third-order valence-corrected chi connectivity index (χ3v) is 5.30. The Kier molecular flexibility index (Phi) is 7.19. The number of benzene rings is 2. The number of rotatable bonds is 8. The molecule has 7 heteroatoms. The third-order valence-electron chi connectivity index (χ3n) is 4.40. The third kappa shape index (κ3) is 6.15. The molecule has 0 spiro atoms. The first kappa shape index (κ1) is 21.5. The molecular weight excluding hydrogens is 400 g/mol. The van der Waals surface area contributed by atoms with Gasteiger partial charge in [-0.3, -0.25) is 4.79 Å². The van der Waals surface area contributed by atoms with Crippen LogP contribution in [0.1, 0.15) is 27.4 Å². The number of carbonyl (C=O) groups excluding carboxylic acids is 2. The van der Waals surface area contributed by atoms with Gasteiger partial charge >= 0.3 is 5.97 Å². The summed E-state index contributed by atoms with van der Waals surface area (Å²) in [5, 5.41) is 5.34. The molecule has 3 aromatic rings. The average Bonchev–Trinajstić information content (AvgIpc) is 3.16. The van der Waals surface area contributed by atoms with Crippen molar-refractivity contribution >= 4 is 28.9 Å². The van der Waals surface area contributed by atoms with E-state index in [1.54, 1.807) is 5.38 Å². The van der Waals surface area contributed by atoms with Gasteiger partial charge in [-0.15, -0.1) is 11.3 Å². The minimum atomic E-state index is -0.470. The van der Waals surface area contributed by atoms with Crippen LogP contribution in [-0.2, 0) is 27.4 Å². The van der Waals surface area contributed by atoms with Gasteiger partial charge in [0.25, 0.3) is 0 Å². The molecule has 0 saturated carbocycles. The zero-order valence-corrected chi connectivity index (χ0v) is 18.0. The zero-order valence-electron chi connectivity index (χ0n) is 17.2. The normalized spacial score (nSPS) is 10.5. The largest absolute Gasteiger partial charge is 0.482 e. The summed E-state index contributed by atoms with van der Waals surface area (Å²) in [6.07, 6.45) is 0.169. The molecule has 30 heavy (non-hydrogen) atoms. The summed E-state index contributed by atoms with van der Waals surface area (Å²) in [6.45, 7) is 5.71. The fourth-order valence-electron chi connectivity index (χ4n) is 2.74. The van der Waals surface area contributed by atoms with Gasteiger partial charge in [0.15, 0.2) is 6.61 Å². The topological polar surface area (TPSA) is 77.5 Å². The van der Waals surface area contributed by atoms with Crippen molar-refractivity contribution in [1.29, 1.82) is 0 Å². The van der Waals surface area contributed by atoms with Crippen molar-refractivity contribution in [2.24, 2.45) is 0 Å². The smallest absolute Gasteiger partial charge is 0.344 e. The summed E-state index contributed by atoms with van der Waals surface area (Å²) in [6, 6.07) is 13.4. The minimum Gasteiger partial charge on any atom is -0.482 e. The highest BCUT2D eigenvalue weighted by atomic mass is 32.1. The van der Waals surface area contributed by atoms with Crippen molar-refractivity contribution in [1.82, 2.24) is 4.98 Å². The predicted molar refractivity (Wildman–Crippen MR) is 117 cm³/mol. The second kappa shape index (κ2) is 10.0. The molecule has 0 aliphatic rings. The molecule has 0 aliphatic carbocycles. The maximum Gasteiger partial charge on any atom is 0.344 e. The predicted octanol–water partition coefficient (Wildman–Crippen LogP) is 4.37. The van der Waals surface area contributed by atoms with E-state index in [4.69, 9.17) is 9.47 Å². The monoisotopic (exact) mass is 424 g/mol. The van der Waals surface area contributed by atoms with Gasteiger partial charge in [0.05, 0.1) is 12.1 Å². The number of aromatic nitrogens is 1. The lowest BCUT2D eigenvalue weighted by Crippen LogP contribution is -2.16. The molecule has 0 aliphatic heterocycles. The summed E-state index contributed by atoms with van der Waals surface area (Å²) in [7, 11) is 0. The highest BCUT2D eigenvalue weighted by molar-refractivity contribution is 7.09. The molecule has 1 aromatic heterocycles. The van der Waals surface area contributed by atoms with E-state index in [0.29, 0.717) is 16.5 Å². The quantitative estimate of drug-likeness (QED) is 0.543. The number of esters is 1. The lowest BCUT2D eigenvalue weighted by atomic mass is 10.1. The second-order valence-electron chi connectivity index (χ2n) is 6.99. The van der Waals surface area contributed by atoms with Crippen LogP contribution in [0.5, 0.6) is 5.75 Å². The Labute approximate surface area is 179 Å². The summed E-state index contributed by atoms with van der Waals surface area (Å²) in [5.74, 6) is 0.0643. The summed E-state index contributed by atoms with van der Waals surface area (Å²) in [4.78, 5) is 28.6. The SMILES string of the molecule is Cc1ccc(C)c(OCC(=O)OCc2csc(CC(=O)Nc3ccccc3C)n2)c1. The zero-order chi connectivity index (χ0) is 21.5. The number of thiazole rings is 1. The van der Waals surface area contributed by atoms with E-state index in [2.05, 4.69) is 10.3 Å². The summed E-state index contributed by atoms with van der Waals surface area (Å²) < 4.78 is 10.8. The first-order chi connectivity index (χ1) is 14.4. The number of carbonyl (C=O) groups is 2. The Hall–Kier alpha value is -3.19. The fourth-order valence-corrected chi connectivity index (χ4v) is 3.51. The molecule has 0 saturated heterocycles. The molecule has 0 unspecified atom stereocenters. The van der Waals surface area contributed by atoms with Gasteiger partial charge in [-0.1, -0.05) is 30.3 Å². The first-order valence-corrected chi connectivity index (χ1v) is 10.4. The summed E-state index contributed by atoms with van der Waals surface area (Å²) in [5.41, 5.74) is 4.42. The number of para-hydroxylation sites is 1. The molecule has 0 radical (unpaired) electrons. The van der Waals surface area contributed by atoms with Crippen molar-refractivity contribution in [3.8, 4) is 5.75 Å². The van der Waals surface area contributed by atoms with Gasteiger partial charge in [-0.25, -0.2) is 9.78 Å². The van der Waals surface area contributed by atoms with Gasteiger partial charge in [0.2, 0.25) is 5.91 Å². The molecule has 3 rings (SSSR count). The number of hydrogen-bond acceptors (Lipinski definition) is 6. The number of nitrogens with zero attached hydrogens (tertiary/aromatic N) is 1. The fraction of sp³-hybridized carbons (Fsp3) is 0.261. The highest BCUT2D eigenvalue weighted by Gasteiger charge is 2.12. The van der Waals surface area contributed by atoms with E-state index in [0.717, 1.165) is 22.4 Å². The molecule has 2 aromatic carbocycles. The number of aryl methyl sites for hydroxylation is 3. The van der Waals surface area contributed by atoms with Crippen LogP contribution >= 0.6 is 11.3 Å². The molecule has 0 atom stereocenters. The Balaban J connectivity index is 1.44. The van der Waals surface area contributed by atoms with Crippen LogP contribution in [0, 0.1) is 20.8 Å². The van der Waals surface area contributed by atoms with Crippen LogP contribution in [0.4, 0.5) is 5.69 Å². The molecule has 1 heterocycles. The number of hydrogen-bond donors (Lipinski definition) is 1. The molecule has 0 fully saturated rings. The van der Waals surface area contributed by atoms with E-state index < -0.39 is 5.97 Å². The first-order valence-electron chi connectivity index (χ1n) is 9.55. The van der Waals surface area contributed by atoms with Crippen LogP contribution in [0.2, 0.25) is 0 Å². The number of anilines is 1. The second-order valence-corrected chi connectivity index (χ2v) is 7.93. The molecule has 156 valence electrons. The Morgan fingerprint density at radius 1 is 1.07 bits per heavy atom. The van der Waals surface area contributed by atoms with E-state index in [9.17, 15) is 9.59 Å². The van der Waals surface area contributed by atoms with Gasteiger partial charge in [0.1, 0.15) is 17.4 Å².